The number of ether oxygens (including phenoxy) is 1. The third kappa shape index (κ3) is 0.844. The molecule has 48 valence electrons. The molecule has 0 aromatic carbocycles. The number of hydrogen-bond acceptors (Lipinski definition) is 3. The Balaban J connectivity index is 2.44. The summed E-state index contributed by atoms with van der Waals surface area (Å²) in [6.45, 7) is 2.00. The molecule has 1 saturated heterocycles. The van der Waals surface area contributed by atoms with Gasteiger partial charge in [-0.15, -0.1) is 0 Å². The van der Waals surface area contributed by atoms with Crippen LogP contribution in [0.25, 0.3) is 0 Å². The van der Waals surface area contributed by atoms with E-state index in [-0.39, 0.29) is 12.7 Å². The zero-order chi connectivity index (χ0) is 6.15. The third-order valence-electron chi connectivity index (χ3n) is 1.41. The molecule has 1 rings (SSSR count). The monoisotopic (exact) mass is 118 g/mol. The molecule has 0 spiro atoms. The van der Waals surface area contributed by atoms with Gasteiger partial charge in [0, 0.05) is 0 Å². The van der Waals surface area contributed by atoms with Crippen molar-refractivity contribution in [1.82, 2.24) is 0 Å². The lowest BCUT2D eigenvalue weighted by Gasteiger charge is -2.07. The Morgan fingerprint density at radius 3 is 2.25 bits per heavy atom. The van der Waals surface area contributed by atoms with E-state index in [1.165, 1.54) is 0 Å². The average molecular weight is 118 g/mol. The van der Waals surface area contributed by atoms with Crippen LogP contribution in [-0.4, -0.2) is 35.1 Å². The van der Waals surface area contributed by atoms with Crippen LogP contribution < -0.4 is 0 Å². The largest absolute Gasteiger partial charge is 0.388 e. The van der Waals surface area contributed by atoms with E-state index in [2.05, 4.69) is 0 Å². The fourth-order valence-electron chi connectivity index (χ4n) is 0.760. The Morgan fingerprint density at radius 1 is 1.50 bits per heavy atom. The molecule has 1 heterocycles. The van der Waals surface area contributed by atoms with Gasteiger partial charge in [-0.3, -0.25) is 0 Å². The minimum atomic E-state index is -0.685. The van der Waals surface area contributed by atoms with Crippen molar-refractivity contribution >= 4 is 0 Å². The summed E-state index contributed by atoms with van der Waals surface area (Å²) in [6.07, 6.45) is -1.56. The van der Waals surface area contributed by atoms with E-state index in [9.17, 15) is 0 Å². The standard InChI is InChI=1S/C5H10O3/c1-3-5(7)4(6)2-8-3/h3-7H,2H2,1H3/t3-,4+,5-/m0/s1. The molecule has 0 aromatic heterocycles. The molecule has 8 heavy (non-hydrogen) atoms. The molecular formula is C5H10O3. The Kier molecular flexibility index (Phi) is 1.51. The Labute approximate surface area is 47.9 Å². The first-order chi connectivity index (χ1) is 3.72. The van der Waals surface area contributed by atoms with Crippen LogP contribution >= 0.6 is 0 Å². The minimum absolute atomic E-state index is 0.204. The van der Waals surface area contributed by atoms with Gasteiger partial charge in [0.25, 0.3) is 0 Å². The second kappa shape index (κ2) is 2.01. The lowest BCUT2D eigenvalue weighted by atomic mass is 10.2. The molecule has 0 saturated carbocycles. The topological polar surface area (TPSA) is 49.7 Å². The highest BCUT2D eigenvalue weighted by atomic mass is 16.5. The van der Waals surface area contributed by atoms with Gasteiger partial charge in [-0.25, -0.2) is 0 Å². The second-order valence-electron chi connectivity index (χ2n) is 2.10. The molecular weight excluding hydrogens is 108 g/mol. The summed E-state index contributed by atoms with van der Waals surface area (Å²) in [5.74, 6) is 0. The van der Waals surface area contributed by atoms with Gasteiger partial charge in [0.05, 0.1) is 12.7 Å². The van der Waals surface area contributed by atoms with Crippen molar-refractivity contribution in [2.45, 2.75) is 25.2 Å². The van der Waals surface area contributed by atoms with E-state index in [0.29, 0.717) is 0 Å². The maximum atomic E-state index is 8.89. The Hall–Kier alpha value is -0.120. The lowest BCUT2D eigenvalue weighted by Crippen LogP contribution is -2.27. The molecule has 1 aliphatic heterocycles. The Bertz CT molecular complexity index is 73.7. The SMILES string of the molecule is C[C@@H]1OC[C@@H](O)[C@H]1O. The molecule has 3 nitrogen and oxygen atoms in total. The van der Waals surface area contributed by atoms with E-state index in [1.807, 2.05) is 0 Å². The number of aliphatic hydroxyl groups is 2. The molecule has 0 amide bonds. The van der Waals surface area contributed by atoms with Crippen LogP contribution in [0.1, 0.15) is 6.92 Å². The summed E-state index contributed by atoms with van der Waals surface area (Å²) in [7, 11) is 0. The van der Waals surface area contributed by atoms with Crippen molar-refractivity contribution in [3.63, 3.8) is 0 Å². The van der Waals surface area contributed by atoms with Gasteiger partial charge in [0.1, 0.15) is 12.2 Å². The molecule has 3 heteroatoms. The van der Waals surface area contributed by atoms with Gasteiger partial charge in [0.2, 0.25) is 0 Å². The normalized spacial score (nSPS) is 47.6. The van der Waals surface area contributed by atoms with Crippen molar-refractivity contribution in [3.8, 4) is 0 Å². The van der Waals surface area contributed by atoms with Crippen LogP contribution in [0.5, 0.6) is 0 Å². The van der Waals surface area contributed by atoms with Crippen LogP contribution in [0.4, 0.5) is 0 Å². The second-order valence-corrected chi connectivity index (χ2v) is 2.10. The van der Waals surface area contributed by atoms with E-state index < -0.39 is 12.2 Å². The summed E-state index contributed by atoms with van der Waals surface area (Å²) in [5.41, 5.74) is 0. The molecule has 0 bridgehead atoms. The van der Waals surface area contributed by atoms with Gasteiger partial charge in [-0.2, -0.15) is 0 Å². The third-order valence-corrected chi connectivity index (χ3v) is 1.41. The minimum Gasteiger partial charge on any atom is -0.388 e. The van der Waals surface area contributed by atoms with E-state index in [4.69, 9.17) is 14.9 Å². The van der Waals surface area contributed by atoms with Gasteiger partial charge in [-0.05, 0) is 6.92 Å². The molecule has 1 fully saturated rings. The maximum absolute atomic E-state index is 8.89. The first kappa shape index (κ1) is 6.01. The van der Waals surface area contributed by atoms with Gasteiger partial charge < -0.3 is 14.9 Å². The zero-order valence-corrected chi connectivity index (χ0v) is 4.74. The predicted octanol–water partition coefficient (Wildman–Crippen LogP) is -0.873. The first-order valence-corrected chi connectivity index (χ1v) is 2.69. The maximum Gasteiger partial charge on any atom is 0.108 e. The summed E-state index contributed by atoms with van der Waals surface area (Å²) in [6, 6.07) is 0. The van der Waals surface area contributed by atoms with Crippen LogP contribution in [0.2, 0.25) is 0 Å². The number of hydrogen-bond donors (Lipinski definition) is 2. The van der Waals surface area contributed by atoms with Gasteiger partial charge in [-0.1, -0.05) is 0 Å². The van der Waals surface area contributed by atoms with Crippen LogP contribution in [-0.2, 0) is 4.74 Å². The van der Waals surface area contributed by atoms with E-state index >= 15 is 0 Å². The van der Waals surface area contributed by atoms with Crippen LogP contribution in [0, 0.1) is 0 Å². The fourth-order valence-corrected chi connectivity index (χ4v) is 0.760. The Morgan fingerprint density at radius 2 is 2.12 bits per heavy atom. The first-order valence-electron chi connectivity index (χ1n) is 2.69. The molecule has 3 atom stereocenters. The summed E-state index contributed by atoms with van der Waals surface area (Å²) in [4.78, 5) is 0. The van der Waals surface area contributed by atoms with Crippen molar-refractivity contribution in [2.24, 2.45) is 0 Å². The van der Waals surface area contributed by atoms with Gasteiger partial charge >= 0.3 is 0 Å². The molecule has 0 aliphatic carbocycles. The summed E-state index contributed by atoms with van der Waals surface area (Å²) < 4.78 is 4.88. The quantitative estimate of drug-likeness (QED) is 0.434. The van der Waals surface area contributed by atoms with E-state index in [0.717, 1.165) is 0 Å². The van der Waals surface area contributed by atoms with Crippen molar-refractivity contribution in [3.05, 3.63) is 0 Å². The van der Waals surface area contributed by atoms with E-state index in [1.54, 1.807) is 6.92 Å². The highest BCUT2D eigenvalue weighted by Crippen LogP contribution is 2.12. The molecule has 1 aliphatic rings. The number of aliphatic hydroxyl groups excluding tert-OH is 2. The van der Waals surface area contributed by atoms with Crippen molar-refractivity contribution < 1.29 is 14.9 Å². The molecule has 0 unspecified atom stereocenters. The van der Waals surface area contributed by atoms with Crippen molar-refractivity contribution in [2.75, 3.05) is 6.61 Å². The number of rotatable bonds is 0. The van der Waals surface area contributed by atoms with Crippen molar-refractivity contribution in [1.29, 1.82) is 0 Å². The predicted molar refractivity (Wildman–Crippen MR) is 27.4 cm³/mol. The molecule has 0 radical (unpaired) electrons. The van der Waals surface area contributed by atoms with Gasteiger partial charge in [0.15, 0.2) is 0 Å². The zero-order valence-electron chi connectivity index (χ0n) is 4.74. The summed E-state index contributed by atoms with van der Waals surface area (Å²) in [5, 5.41) is 17.7. The fraction of sp³-hybridized carbons (Fsp3) is 1.00. The highest BCUT2D eigenvalue weighted by molar-refractivity contribution is 4.79. The van der Waals surface area contributed by atoms with Crippen LogP contribution in [0.15, 0.2) is 0 Å². The molecule has 2 N–H and O–H groups in total. The summed E-state index contributed by atoms with van der Waals surface area (Å²) >= 11 is 0. The average Bonchev–Trinajstić information content (AvgIpc) is 1.98. The smallest absolute Gasteiger partial charge is 0.108 e. The highest BCUT2D eigenvalue weighted by Gasteiger charge is 2.30. The molecule has 0 aromatic rings. The lowest BCUT2D eigenvalue weighted by molar-refractivity contribution is 0.0318. The van der Waals surface area contributed by atoms with Crippen LogP contribution in [0.3, 0.4) is 0 Å².